The lowest BCUT2D eigenvalue weighted by molar-refractivity contribution is -0.149. The summed E-state index contributed by atoms with van der Waals surface area (Å²) in [7, 11) is 0. The maximum absolute atomic E-state index is 12.0. The van der Waals surface area contributed by atoms with Gasteiger partial charge in [-0.3, -0.25) is 9.59 Å². The number of benzene rings is 1. The van der Waals surface area contributed by atoms with E-state index in [0.717, 1.165) is 36.8 Å². The Morgan fingerprint density at radius 3 is 2.39 bits per heavy atom. The van der Waals surface area contributed by atoms with E-state index >= 15 is 0 Å². The number of ether oxygens (including phenoxy) is 2. The maximum Gasteiger partial charge on any atom is 0.320 e. The number of ketones is 1. The fourth-order valence-corrected chi connectivity index (χ4v) is 3.71. The lowest BCUT2D eigenvalue weighted by Crippen LogP contribution is -2.43. The molecule has 0 aliphatic heterocycles. The summed E-state index contributed by atoms with van der Waals surface area (Å²) in [6.07, 6.45) is 8.25. The normalized spacial score (nSPS) is 17.2. The predicted molar refractivity (Wildman–Crippen MR) is 122 cm³/mol. The highest BCUT2D eigenvalue weighted by Crippen LogP contribution is 2.26. The lowest BCUT2D eigenvalue weighted by atomic mass is 9.84. The highest BCUT2D eigenvalue weighted by atomic mass is 16.7. The first-order chi connectivity index (χ1) is 14.8. The number of carboxylic acid groups (broad SMARTS) is 1. The molecule has 1 aromatic rings. The van der Waals surface area contributed by atoms with Crippen molar-refractivity contribution in [3.05, 3.63) is 41.5 Å². The van der Waals surface area contributed by atoms with Gasteiger partial charge in [0.2, 0.25) is 0 Å². The molecular weight excluding hydrogens is 394 g/mol. The van der Waals surface area contributed by atoms with Crippen LogP contribution in [0.5, 0.6) is 0 Å². The number of carbonyl (C=O) groups is 2. The molecule has 6 heteroatoms. The first-order valence-corrected chi connectivity index (χ1v) is 11.3. The van der Waals surface area contributed by atoms with Gasteiger partial charge in [-0.1, -0.05) is 63.5 Å². The minimum Gasteiger partial charge on any atom is -0.480 e. The molecule has 0 heterocycles. The van der Waals surface area contributed by atoms with Gasteiger partial charge in [0.15, 0.2) is 12.1 Å². The summed E-state index contributed by atoms with van der Waals surface area (Å²) in [6.45, 7) is 7.00. The van der Waals surface area contributed by atoms with Gasteiger partial charge in [0.05, 0.1) is 6.61 Å². The van der Waals surface area contributed by atoms with Crippen molar-refractivity contribution in [2.45, 2.75) is 71.8 Å². The van der Waals surface area contributed by atoms with Gasteiger partial charge in [0, 0.05) is 6.54 Å². The van der Waals surface area contributed by atoms with E-state index in [4.69, 9.17) is 9.47 Å². The summed E-state index contributed by atoms with van der Waals surface area (Å²) in [5.41, 5.74) is 1.92. The summed E-state index contributed by atoms with van der Waals surface area (Å²) >= 11 is 0. The van der Waals surface area contributed by atoms with Crippen LogP contribution in [0, 0.1) is 11.8 Å². The molecule has 2 atom stereocenters. The van der Waals surface area contributed by atoms with Crippen molar-refractivity contribution in [1.29, 1.82) is 0 Å². The molecule has 0 amide bonds. The number of hydrogen-bond donors (Lipinski definition) is 2. The summed E-state index contributed by atoms with van der Waals surface area (Å²) in [4.78, 5) is 23.6. The van der Waals surface area contributed by atoms with Crippen molar-refractivity contribution < 1.29 is 24.2 Å². The second-order valence-electron chi connectivity index (χ2n) is 8.74. The van der Waals surface area contributed by atoms with Crippen molar-refractivity contribution in [3.8, 4) is 0 Å². The molecule has 0 aromatic heterocycles. The Bertz CT molecular complexity index is 707. The third-order valence-electron chi connectivity index (χ3n) is 5.48. The molecule has 2 rings (SSSR count). The standard InChI is InChI=1S/C25H37NO5/c1-18(2)16-30-19(3)31-17-23(27)14-13-20-9-11-21(12-10-20)15-26-24(25(28)29)22-7-5-4-6-8-22/h9-14,18-19,22,24,26H,4-8,15-17H2,1-3H3,(H,28,29)/b14-13+/t19?,24-/m0/s1. The average molecular weight is 432 g/mol. The number of hydrogen-bond acceptors (Lipinski definition) is 5. The van der Waals surface area contributed by atoms with Gasteiger partial charge in [0.1, 0.15) is 12.6 Å². The Morgan fingerprint density at radius 2 is 1.77 bits per heavy atom. The van der Waals surface area contributed by atoms with Gasteiger partial charge < -0.3 is 19.9 Å². The van der Waals surface area contributed by atoms with Crippen molar-refractivity contribution in [1.82, 2.24) is 5.32 Å². The molecule has 0 radical (unpaired) electrons. The van der Waals surface area contributed by atoms with Crippen LogP contribution in [0.1, 0.15) is 64.0 Å². The van der Waals surface area contributed by atoms with Gasteiger partial charge in [-0.15, -0.1) is 0 Å². The first kappa shape index (κ1) is 25.2. The van der Waals surface area contributed by atoms with Gasteiger partial charge in [-0.2, -0.15) is 0 Å². The zero-order chi connectivity index (χ0) is 22.6. The molecule has 1 saturated carbocycles. The van der Waals surface area contributed by atoms with Crippen LogP contribution >= 0.6 is 0 Å². The highest BCUT2D eigenvalue weighted by Gasteiger charge is 2.28. The molecule has 2 N–H and O–H groups in total. The Hall–Kier alpha value is -2.02. The number of carboxylic acids is 1. The third kappa shape index (κ3) is 9.76. The van der Waals surface area contributed by atoms with E-state index in [2.05, 4.69) is 19.2 Å². The Morgan fingerprint density at radius 1 is 1.10 bits per heavy atom. The predicted octanol–water partition coefficient (Wildman–Crippen LogP) is 4.43. The molecule has 172 valence electrons. The second kappa shape index (κ2) is 13.4. The van der Waals surface area contributed by atoms with Crippen molar-refractivity contribution in [2.75, 3.05) is 13.2 Å². The monoisotopic (exact) mass is 431 g/mol. The average Bonchev–Trinajstić information content (AvgIpc) is 2.76. The smallest absolute Gasteiger partial charge is 0.320 e. The van der Waals surface area contributed by atoms with E-state index < -0.39 is 18.3 Å². The molecule has 0 saturated heterocycles. The lowest BCUT2D eigenvalue weighted by Gasteiger charge is -2.28. The second-order valence-corrected chi connectivity index (χ2v) is 8.74. The molecule has 0 bridgehead atoms. The summed E-state index contributed by atoms with van der Waals surface area (Å²) < 4.78 is 10.9. The summed E-state index contributed by atoms with van der Waals surface area (Å²) in [5.74, 6) is -0.263. The highest BCUT2D eigenvalue weighted by molar-refractivity contribution is 5.94. The fraction of sp³-hybridized carbons (Fsp3) is 0.600. The number of aliphatic carboxylic acids is 1. The zero-order valence-electron chi connectivity index (χ0n) is 19.0. The van der Waals surface area contributed by atoms with Gasteiger partial charge >= 0.3 is 5.97 Å². The molecule has 1 aliphatic carbocycles. The van der Waals surface area contributed by atoms with E-state index in [-0.39, 0.29) is 18.3 Å². The Kier molecular flexibility index (Phi) is 10.9. The van der Waals surface area contributed by atoms with Crippen LogP contribution in [0.3, 0.4) is 0 Å². The largest absolute Gasteiger partial charge is 0.480 e. The quantitative estimate of drug-likeness (QED) is 0.355. The first-order valence-electron chi connectivity index (χ1n) is 11.3. The molecule has 31 heavy (non-hydrogen) atoms. The van der Waals surface area contributed by atoms with E-state index in [9.17, 15) is 14.7 Å². The van der Waals surface area contributed by atoms with E-state index in [0.29, 0.717) is 19.1 Å². The molecular formula is C25H37NO5. The summed E-state index contributed by atoms with van der Waals surface area (Å²) in [6, 6.07) is 7.26. The van der Waals surface area contributed by atoms with Crippen LogP contribution in [0.15, 0.2) is 30.3 Å². The van der Waals surface area contributed by atoms with Crippen LogP contribution in [0.2, 0.25) is 0 Å². The molecule has 1 unspecified atom stereocenters. The van der Waals surface area contributed by atoms with Crippen molar-refractivity contribution in [3.63, 3.8) is 0 Å². The van der Waals surface area contributed by atoms with Gasteiger partial charge in [-0.05, 0) is 48.8 Å². The van der Waals surface area contributed by atoms with Crippen LogP contribution in [0.25, 0.3) is 6.08 Å². The number of carbonyl (C=O) groups excluding carboxylic acids is 1. The minimum atomic E-state index is -0.767. The van der Waals surface area contributed by atoms with Crippen LogP contribution in [-0.2, 0) is 25.6 Å². The molecule has 6 nitrogen and oxygen atoms in total. The van der Waals surface area contributed by atoms with Crippen LogP contribution < -0.4 is 5.32 Å². The third-order valence-corrected chi connectivity index (χ3v) is 5.48. The molecule has 1 aliphatic rings. The minimum absolute atomic E-state index is 0.0183. The Labute approximate surface area is 186 Å². The molecule has 1 fully saturated rings. The molecule has 0 spiro atoms. The number of rotatable bonds is 13. The van der Waals surface area contributed by atoms with Gasteiger partial charge in [0.25, 0.3) is 0 Å². The van der Waals surface area contributed by atoms with E-state index in [1.54, 1.807) is 13.0 Å². The SMILES string of the molecule is CC(C)COC(C)OCC(=O)/C=C/c1ccc(CN[C@H](C(=O)O)C2CCCCC2)cc1. The Balaban J connectivity index is 1.77. The fourth-order valence-electron chi connectivity index (χ4n) is 3.71. The van der Waals surface area contributed by atoms with Gasteiger partial charge in [-0.25, -0.2) is 0 Å². The molecule has 1 aromatic carbocycles. The maximum atomic E-state index is 12.0. The summed E-state index contributed by atoms with van der Waals surface area (Å²) in [5, 5.41) is 12.8. The van der Waals surface area contributed by atoms with Crippen LogP contribution in [0.4, 0.5) is 0 Å². The van der Waals surface area contributed by atoms with E-state index in [1.165, 1.54) is 12.5 Å². The van der Waals surface area contributed by atoms with Crippen molar-refractivity contribution >= 4 is 17.8 Å². The van der Waals surface area contributed by atoms with Crippen molar-refractivity contribution in [2.24, 2.45) is 11.8 Å². The van der Waals surface area contributed by atoms with E-state index in [1.807, 2.05) is 24.3 Å². The topological polar surface area (TPSA) is 84.9 Å². The number of nitrogens with one attached hydrogen (secondary N) is 1. The van der Waals surface area contributed by atoms with Crippen LogP contribution in [-0.4, -0.2) is 42.4 Å². The zero-order valence-corrected chi connectivity index (χ0v) is 19.0.